The van der Waals surface area contributed by atoms with Crippen LogP contribution in [0, 0.1) is 5.92 Å². The molecule has 24 heavy (non-hydrogen) atoms. The maximum absolute atomic E-state index is 12.4. The topological polar surface area (TPSA) is 66.4 Å². The first-order valence-electron chi connectivity index (χ1n) is 7.07. The second-order valence-corrected chi connectivity index (χ2v) is 6.49. The predicted octanol–water partition coefficient (Wildman–Crippen LogP) is 4.92. The van der Waals surface area contributed by atoms with E-state index in [2.05, 4.69) is 5.32 Å². The van der Waals surface area contributed by atoms with E-state index in [0.717, 1.165) is 5.56 Å². The number of anilines is 1. The van der Waals surface area contributed by atoms with E-state index in [9.17, 15) is 9.59 Å². The molecule has 0 fully saturated rings. The van der Waals surface area contributed by atoms with E-state index in [1.807, 2.05) is 0 Å². The van der Waals surface area contributed by atoms with Crippen LogP contribution < -0.4 is 5.32 Å². The highest BCUT2D eigenvalue weighted by Crippen LogP contribution is 2.26. The number of amides is 1. The Kier molecular flexibility index (Phi) is 6.49. The number of carbonyl (C=O) groups excluding carboxylic acids is 1. The molecule has 0 aliphatic rings. The Morgan fingerprint density at radius 3 is 2.25 bits per heavy atom. The van der Waals surface area contributed by atoms with Crippen molar-refractivity contribution in [2.45, 2.75) is 12.8 Å². The van der Waals surface area contributed by atoms with Gasteiger partial charge in [0.1, 0.15) is 0 Å². The third-order valence-electron chi connectivity index (χ3n) is 3.37. The monoisotopic (exact) mass is 385 g/mol. The lowest BCUT2D eigenvalue weighted by molar-refractivity contribution is -0.140. The van der Waals surface area contributed by atoms with Crippen molar-refractivity contribution >= 4 is 52.4 Å². The molecule has 1 unspecified atom stereocenters. The average Bonchev–Trinajstić information content (AvgIpc) is 2.52. The van der Waals surface area contributed by atoms with Crippen LogP contribution in [0.1, 0.15) is 12.0 Å². The Hall–Kier alpha value is -1.75. The molecule has 0 aromatic heterocycles. The van der Waals surface area contributed by atoms with Gasteiger partial charge in [0.2, 0.25) is 5.91 Å². The first-order valence-corrected chi connectivity index (χ1v) is 8.20. The van der Waals surface area contributed by atoms with Crippen LogP contribution in [0.4, 0.5) is 5.69 Å². The molecule has 2 aromatic carbocycles. The lowest BCUT2D eigenvalue weighted by atomic mass is 9.95. The van der Waals surface area contributed by atoms with Gasteiger partial charge >= 0.3 is 5.97 Å². The lowest BCUT2D eigenvalue weighted by Gasteiger charge is -2.15. The van der Waals surface area contributed by atoms with Gasteiger partial charge in [0.15, 0.2) is 0 Å². The predicted molar refractivity (Wildman–Crippen MR) is 96.0 cm³/mol. The third kappa shape index (κ3) is 5.41. The van der Waals surface area contributed by atoms with Crippen LogP contribution in [0.25, 0.3) is 0 Å². The van der Waals surface area contributed by atoms with Crippen LogP contribution in [-0.2, 0) is 16.0 Å². The van der Waals surface area contributed by atoms with Crippen LogP contribution >= 0.6 is 34.8 Å². The largest absolute Gasteiger partial charge is 0.481 e. The number of carboxylic acid groups (broad SMARTS) is 1. The zero-order valence-electron chi connectivity index (χ0n) is 12.4. The lowest BCUT2D eigenvalue weighted by Crippen LogP contribution is -2.27. The van der Waals surface area contributed by atoms with E-state index in [0.29, 0.717) is 20.8 Å². The molecule has 0 aliphatic heterocycles. The standard InChI is InChI=1S/C17H14Cl3NO3/c18-12-3-1-10(2-4-12)7-11(8-16(22)23)17(24)21-13-5-6-14(19)15(20)9-13/h1-6,9,11H,7-8H2,(H,21,24)(H,22,23). The molecule has 126 valence electrons. The second-order valence-electron chi connectivity index (χ2n) is 5.24. The number of nitrogens with one attached hydrogen (secondary N) is 1. The highest BCUT2D eigenvalue weighted by Gasteiger charge is 2.22. The molecule has 0 bridgehead atoms. The SMILES string of the molecule is O=C(O)CC(Cc1ccc(Cl)cc1)C(=O)Nc1ccc(Cl)c(Cl)c1. The fourth-order valence-electron chi connectivity index (χ4n) is 2.19. The van der Waals surface area contributed by atoms with Crippen molar-refractivity contribution in [2.75, 3.05) is 5.32 Å². The molecule has 2 aromatic rings. The molecule has 4 nitrogen and oxygen atoms in total. The molecule has 1 amide bonds. The first-order chi connectivity index (χ1) is 11.3. The summed E-state index contributed by atoms with van der Waals surface area (Å²) in [7, 11) is 0. The summed E-state index contributed by atoms with van der Waals surface area (Å²) in [6.45, 7) is 0. The summed E-state index contributed by atoms with van der Waals surface area (Å²) in [6, 6.07) is 11.6. The molecular weight excluding hydrogens is 373 g/mol. The number of hydrogen-bond donors (Lipinski definition) is 2. The summed E-state index contributed by atoms with van der Waals surface area (Å²) in [5.74, 6) is -2.16. The highest BCUT2D eigenvalue weighted by molar-refractivity contribution is 6.42. The Morgan fingerprint density at radius 2 is 1.67 bits per heavy atom. The minimum atomic E-state index is -1.04. The number of halogens is 3. The van der Waals surface area contributed by atoms with Gasteiger partial charge < -0.3 is 10.4 Å². The van der Waals surface area contributed by atoms with Gasteiger partial charge in [-0.1, -0.05) is 46.9 Å². The van der Waals surface area contributed by atoms with E-state index < -0.39 is 17.8 Å². The van der Waals surface area contributed by atoms with Crippen molar-refractivity contribution in [3.05, 3.63) is 63.1 Å². The summed E-state index contributed by atoms with van der Waals surface area (Å²) < 4.78 is 0. The zero-order valence-corrected chi connectivity index (χ0v) is 14.7. The van der Waals surface area contributed by atoms with Gasteiger partial charge in [-0.25, -0.2) is 0 Å². The molecule has 0 radical (unpaired) electrons. The van der Waals surface area contributed by atoms with Gasteiger partial charge in [-0.05, 0) is 42.3 Å². The number of carboxylic acids is 1. The summed E-state index contributed by atoms with van der Waals surface area (Å²) in [5.41, 5.74) is 1.29. The zero-order chi connectivity index (χ0) is 17.7. The fourth-order valence-corrected chi connectivity index (χ4v) is 2.62. The molecule has 0 saturated heterocycles. The smallest absolute Gasteiger partial charge is 0.304 e. The van der Waals surface area contributed by atoms with Gasteiger partial charge in [-0.2, -0.15) is 0 Å². The molecule has 2 rings (SSSR count). The fraction of sp³-hybridized carbons (Fsp3) is 0.176. The molecular formula is C17H14Cl3NO3. The summed E-state index contributed by atoms with van der Waals surface area (Å²) in [5, 5.41) is 13.0. The van der Waals surface area contributed by atoms with E-state index in [4.69, 9.17) is 39.9 Å². The van der Waals surface area contributed by atoms with Crippen LogP contribution in [-0.4, -0.2) is 17.0 Å². The molecule has 2 N–H and O–H groups in total. The number of benzene rings is 2. The minimum Gasteiger partial charge on any atom is -0.481 e. The Labute approximate surface area is 154 Å². The molecule has 0 heterocycles. The van der Waals surface area contributed by atoms with Crippen LogP contribution in [0.3, 0.4) is 0 Å². The maximum Gasteiger partial charge on any atom is 0.304 e. The Bertz CT molecular complexity index is 747. The van der Waals surface area contributed by atoms with Crippen molar-refractivity contribution in [2.24, 2.45) is 5.92 Å². The molecule has 0 saturated carbocycles. The first kappa shape index (κ1) is 18.6. The van der Waals surface area contributed by atoms with Crippen molar-refractivity contribution in [1.82, 2.24) is 0 Å². The third-order valence-corrected chi connectivity index (χ3v) is 4.37. The van der Waals surface area contributed by atoms with E-state index in [1.54, 1.807) is 36.4 Å². The van der Waals surface area contributed by atoms with E-state index in [1.165, 1.54) is 6.07 Å². The average molecular weight is 387 g/mol. The van der Waals surface area contributed by atoms with Gasteiger partial charge in [0, 0.05) is 10.7 Å². The maximum atomic E-state index is 12.4. The second kappa shape index (κ2) is 8.38. The van der Waals surface area contributed by atoms with Crippen LogP contribution in [0.15, 0.2) is 42.5 Å². The molecule has 0 spiro atoms. The number of carbonyl (C=O) groups is 2. The quantitative estimate of drug-likeness (QED) is 0.740. The molecule has 7 heteroatoms. The van der Waals surface area contributed by atoms with E-state index >= 15 is 0 Å². The van der Waals surface area contributed by atoms with Crippen molar-refractivity contribution in [1.29, 1.82) is 0 Å². The van der Waals surface area contributed by atoms with Gasteiger partial charge in [-0.3, -0.25) is 9.59 Å². The van der Waals surface area contributed by atoms with Gasteiger partial charge in [0.25, 0.3) is 0 Å². The van der Waals surface area contributed by atoms with Gasteiger partial charge in [0.05, 0.1) is 22.4 Å². The van der Waals surface area contributed by atoms with Crippen molar-refractivity contribution in [3.63, 3.8) is 0 Å². The van der Waals surface area contributed by atoms with Crippen LogP contribution in [0.5, 0.6) is 0 Å². The molecule has 0 aliphatic carbocycles. The van der Waals surface area contributed by atoms with Crippen LogP contribution in [0.2, 0.25) is 15.1 Å². The molecule has 1 atom stereocenters. The van der Waals surface area contributed by atoms with Crippen molar-refractivity contribution in [3.8, 4) is 0 Å². The Morgan fingerprint density at radius 1 is 1.00 bits per heavy atom. The minimum absolute atomic E-state index is 0.282. The Balaban J connectivity index is 2.13. The van der Waals surface area contributed by atoms with Crippen molar-refractivity contribution < 1.29 is 14.7 Å². The number of hydrogen-bond acceptors (Lipinski definition) is 2. The summed E-state index contributed by atoms with van der Waals surface area (Å²) in [4.78, 5) is 23.5. The summed E-state index contributed by atoms with van der Waals surface area (Å²) in [6.07, 6.45) is 0.00635. The highest BCUT2D eigenvalue weighted by atomic mass is 35.5. The normalized spacial score (nSPS) is 11.8. The van der Waals surface area contributed by atoms with E-state index in [-0.39, 0.29) is 12.8 Å². The number of aliphatic carboxylic acids is 1. The summed E-state index contributed by atoms with van der Waals surface area (Å²) >= 11 is 17.6. The van der Waals surface area contributed by atoms with Gasteiger partial charge in [-0.15, -0.1) is 0 Å². The number of rotatable bonds is 6.